The highest BCUT2D eigenvalue weighted by molar-refractivity contribution is 5.61. The minimum atomic E-state index is 0.856. The summed E-state index contributed by atoms with van der Waals surface area (Å²) in [5, 5.41) is 11.1. The van der Waals surface area contributed by atoms with E-state index < -0.39 is 0 Å². The molecule has 0 radical (unpaired) electrons. The molecule has 0 aliphatic carbocycles. The van der Waals surface area contributed by atoms with Gasteiger partial charge in [-0.25, -0.2) is 9.97 Å². The normalized spacial score (nSPS) is 9.00. The Kier molecular flexibility index (Phi) is 11.9. The zero-order valence-corrected chi connectivity index (χ0v) is 18.7. The Bertz CT molecular complexity index is 842. The first-order valence-corrected chi connectivity index (χ1v) is 10.3. The number of hydrogen-bond acceptors (Lipinski definition) is 5. The molecule has 5 nitrogen and oxygen atoms in total. The molecule has 0 saturated heterocycles. The Morgan fingerprint density at radius 3 is 1.53 bits per heavy atom. The van der Waals surface area contributed by atoms with Crippen molar-refractivity contribution in [3.63, 3.8) is 0 Å². The number of aryl methyl sites for hydroxylation is 2. The molecule has 0 unspecified atom stereocenters. The van der Waals surface area contributed by atoms with Gasteiger partial charge in [0.25, 0.3) is 0 Å². The van der Waals surface area contributed by atoms with Crippen molar-refractivity contribution in [2.45, 2.75) is 41.5 Å². The van der Waals surface area contributed by atoms with Crippen molar-refractivity contribution < 1.29 is 0 Å². The quantitative estimate of drug-likeness (QED) is 0.391. The molecule has 0 atom stereocenters. The number of aromatic nitrogens is 5. The molecule has 0 spiro atoms. The lowest BCUT2D eigenvalue weighted by atomic mass is 10.1. The SMILES string of the molecule is CC.CC.Cc1ccc(-c2ccnnn2)cc1.Cc1ccc(-c2cncnc2)cc1. The lowest BCUT2D eigenvalue weighted by Crippen LogP contribution is -1.88. The van der Waals surface area contributed by atoms with E-state index in [1.807, 2.05) is 58.3 Å². The van der Waals surface area contributed by atoms with Gasteiger partial charge in [-0.3, -0.25) is 0 Å². The van der Waals surface area contributed by atoms with E-state index in [9.17, 15) is 0 Å². The standard InChI is InChI=1S/C11H10N2.C10H9N3.2C2H6/c1-9-2-4-10(5-3-9)11-6-12-8-13-7-11;1-8-2-4-9(5-3-8)10-6-7-11-13-12-10;2*1-2/h2-8H,1H3;2-7H,1H3;2*1-2H3. The number of nitrogens with zero attached hydrogens (tertiary/aromatic N) is 5. The Morgan fingerprint density at radius 1 is 0.567 bits per heavy atom. The van der Waals surface area contributed by atoms with Crippen molar-refractivity contribution in [2.75, 3.05) is 0 Å². The molecule has 4 aromatic rings. The van der Waals surface area contributed by atoms with E-state index in [-0.39, 0.29) is 0 Å². The van der Waals surface area contributed by atoms with Gasteiger partial charge in [0, 0.05) is 23.5 Å². The molecular weight excluding hydrogens is 370 g/mol. The highest BCUT2D eigenvalue weighted by Crippen LogP contribution is 2.17. The summed E-state index contributed by atoms with van der Waals surface area (Å²) in [6.07, 6.45) is 6.81. The topological polar surface area (TPSA) is 64.5 Å². The number of rotatable bonds is 2. The summed E-state index contributed by atoms with van der Waals surface area (Å²) in [4.78, 5) is 7.94. The fourth-order valence-corrected chi connectivity index (χ4v) is 2.31. The molecule has 5 heteroatoms. The highest BCUT2D eigenvalue weighted by Gasteiger charge is 1.97. The molecule has 0 fully saturated rings. The molecule has 156 valence electrons. The summed E-state index contributed by atoms with van der Waals surface area (Å²) in [6.45, 7) is 12.1. The van der Waals surface area contributed by atoms with Crippen LogP contribution in [-0.2, 0) is 0 Å². The molecular formula is C25H31N5. The Balaban J connectivity index is 0.000000258. The molecule has 0 bridgehead atoms. The van der Waals surface area contributed by atoms with Crippen molar-refractivity contribution in [2.24, 2.45) is 0 Å². The maximum Gasteiger partial charge on any atom is 0.115 e. The zero-order valence-electron chi connectivity index (χ0n) is 18.7. The molecule has 2 aromatic heterocycles. The third-order valence-electron chi connectivity index (χ3n) is 3.80. The average Bonchev–Trinajstić information content (AvgIpc) is 2.84. The lowest BCUT2D eigenvalue weighted by molar-refractivity contribution is 0.870. The van der Waals surface area contributed by atoms with Crippen LogP contribution < -0.4 is 0 Å². The van der Waals surface area contributed by atoms with E-state index in [0.717, 1.165) is 22.4 Å². The minimum absolute atomic E-state index is 0.856. The van der Waals surface area contributed by atoms with Crippen LogP contribution in [0.5, 0.6) is 0 Å². The first kappa shape index (κ1) is 24.6. The maximum atomic E-state index is 3.97. The first-order chi connectivity index (χ1) is 14.7. The molecule has 30 heavy (non-hydrogen) atoms. The van der Waals surface area contributed by atoms with E-state index in [2.05, 4.69) is 75.6 Å². The van der Waals surface area contributed by atoms with E-state index in [4.69, 9.17) is 0 Å². The van der Waals surface area contributed by atoms with Gasteiger partial charge in [-0.05, 0) is 30.7 Å². The van der Waals surface area contributed by atoms with Crippen molar-refractivity contribution >= 4 is 0 Å². The van der Waals surface area contributed by atoms with E-state index >= 15 is 0 Å². The Labute approximate surface area is 180 Å². The predicted molar refractivity (Wildman–Crippen MR) is 125 cm³/mol. The fourth-order valence-electron chi connectivity index (χ4n) is 2.31. The van der Waals surface area contributed by atoms with E-state index in [1.165, 1.54) is 17.5 Å². The van der Waals surface area contributed by atoms with Crippen LogP contribution in [0.15, 0.2) is 79.5 Å². The molecule has 2 heterocycles. The molecule has 0 N–H and O–H groups in total. The van der Waals surface area contributed by atoms with Crippen LogP contribution in [0.2, 0.25) is 0 Å². The van der Waals surface area contributed by atoms with Gasteiger partial charge < -0.3 is 0 Å². The lowest BCUT2D eigenvalue weighted by Gasteiger charge is -1.99. The van der Waals surface area contributed by atoms with Crippen molar-refractivity contribution in [3.05, 3.63) is 90.6 Å². The second-order valence-electron chi connectivity index (χ2n) is 5.87. The van der Waals surface area contributed by atoms with Gasteiger partial charge in [-0.2, -0.15) is 0 Å². The Morgan fingerprint density at radius 2 is 1.07 bits per heavy atom. The summed E-state index contributed by atoms with van der Waals surface area (Å²) < 4.78 is 0. The molecule has 0 aliphatic rings. The van der Waals surface area contributed by atoms with Gasteiger partial charge in [0.2, 0.25) is 0 Å². The predicted octanol–water partition coefficient (Wildman–Crippen LogP) is 6.35. The van der Waals surface area contributed by atoms with Gasteiger partial charge in [-0.1, -0.05) is 87.4 Å². The summed E-state index contributed by atoms with van der Waals surface area (Å²) in [5.41, 5.74) is 6.65. The molecule has 0 saturated carbocycles. The van der Waals surface area contributed by atoms with E-state index in [0.29, 0.717) is 0 Å². The third kappa shape index (κ3) is 8.27. The van der Waals surface area contributed by atoms with Gasteiger partial charge >= 0.3 is 0 Å². The number of hydrogen-bond donors (Lipinski definition) is 0. The minimum Gasteiger partial charge on any atom is -0.244 e. The van der Waals surface area contributed by atoms with Crippen molar-refractivity contribution in [3.8, 4) is 22.4 Å². The summed E-state index contributed by atoms with van der Waals surface area (Å²) in [5.74, 6) is 0. The monoisotopic (exact) mass is 401 g/mol. The van der Waals surface area contributed by atoms with Gasteiger partial charge in [0.15, 0.2) is 0 Å². The average molecular weight is 402 g/mol. The van der Waals surface area contributed by atoms with Gasteiger partial charge in [0.1, 0.15) is 6.33 Å². The highest BCUT2D eigenvalue weighted by atomic mass is 15.3. The fraction of sp³-hybridized carbons (Fsp3) is 0.240. The maximum absolute atomic E-state index is 3.97. The van der Waals surface area contributed by atoms with Gasteiger partial charge in [0.05, 0.1) is 11.9 Å². The summed E-state index contributed by atoms with van der Waals surface area (Å²) in [7, 11) is 0. The molecule has 0 amide bonds. The van der Waals surface area contributed by atoms with Crippen LogP contribution in [0.1, 0.15) is 38.8 Å². The van der Waals surface area contributed by atoms with Crippen LogP contribution in [-0.4, -0.2) is 25.4 Å². The first-order valence-electron chi connectivity index (χ1n) is 10.3. The van der Waals surface area contributed by atoms with Crippen molar-refractivity contribution in [1.82, 2.24) is 25.4 Å². The van der Waals surface area contributed by atoms with Crippen LogP contribution in [0.3, 0.4) is 0 Å². The van der Waals surface area contributed by atoms with Crippen LogP contribution in [0, 0.1) is 13.8 Å². The third-order valence-corrected chi connectivity index (χ3v) is 3.80. The number of benzene rings is 2. The van der Waals surface area contributed by atoms with Crippen molar-refractivity contribution in [1.29, 1.82) is 0 Å². The summed E-state index contributed by atoms with van der Waals surface area (Å²) in [6, 6.07) is 18.3. The van der Waals surface area contributed by atoms with E-state index in [1.54, 1.807) is 6.20 Å². The Hall–Kier alpha value is -3.47. The second-order valence-corrected chi connectivity index (χ2v) is 5.87. The largest absolute Gasteiger partial charge is 0.244 e. The molecule has 4 rings (SSSR count). The molecule has 2 aromatic carbocycles. The zero-order chi connectivity index (χ0) is 22.2. The van der Waals surface area contributed by atoms with Crippen LogP contribution >= 0.6 is 0 Å². The smallest absolute Gasteiger partial charge is 0.115 e. The van der Waals surface area contributed by atoms with Crippen LogP contribution in [0.25, 0.3) is 22.4 Å². The van der Waals surface area contributed by atoms with Crippen LogP contribution in [0.4, 0.5) is 0 Å². The second kappa shape index (κ2) is 14.5. The molecule has 0 aliphatic heterocycles. The van der Waals surface area contributed by atoms with Gasteiger partial charge in [-0.15, -0.1) is 10.2 Å². The summed E-state index contributed by atoms with van der Waals surface area (Å²) >= 11 is 0.